The van der Waals surface area contributed by atoms with E-state index >= 15 is 0 Å². The number of nitrogens with two attached hydrogens (primary N) is 1. The van der Waals surface area contributed by atoms with Crippen molar-refractivity contribution < 1.29 is 9.59 Å². The molecule has 0 unspecified atom stereocenters. The summed E-state index contributed by atoms with van der Waals surface area (Å²) in [6.45, 7) is 6.30. The highest BCUT2D eigenvalue weighted by atomic mass is 16.2. The smallest absolute Gasteiger partial charge is 0.243 e. The molecule has 0 bridgehead atoms. The van der Waals surface area contributed by atoms with Crippen LogP contribution in [0.4, 0.5) is 0 Å². The van der Waals surface area contributed by atoms with E-state index in [1.165, 1.54) is 4.90 Å². The maximum atomic E-state index is 12.4. The first-order valence-electron chi connectivity index (χ1n) is 6.29. The van der Waals surface area contributed by atoms with Gasteiger partial charge in [-0.15, -0.1) is 0 Å². The van der Waals surface area contributed by atoms with Crippen LogP contribution in [0.5, 0.6) is 0 Å². The van der Waals surface area contributed by atoms with Gasteiger partial charge in [0.1, 0.15) is 5.41 Å². The first-order chi connectivity index (χ1) is 8.30. The lowest BCUT2D eigenvalue weighted by molar-refractivity contribution is -0.148. The molecule has 0 spiro atoms. The number of hydrogen-bond donors (Lipinski definition) is 1. The number of carbonyl (C=O) groups excluding carboxylic acids is 2. The minimum atomic E-state index is -0.927. The van der Waals surface area contributed by atoms with E-state index < -0.39 is 11.3 Å². The van der Waals surface area contributed by atoms with E-state index in [1.54, 1.807) is 0 Å². The second kappa shape index (κ2) is 5.38. The molecule has 0 radical (unpaired) electrons. The molecule has 0 saturated heterocycles. The maximum Gasteiger partial charge on any atom is 0.243 e. The van der Waals surface area contributed by atoms with Crippen molar-refractivity contribution in [2.75, 3.05) is 13.1 Å². The Hall–Kier alpha value is -1.57. The molecule has 2 N–H and O–H groups in total. The van der Waals surface area contributed by atoms with Gasteiger partial charge >= 0.3 is 0 Å². The van der Waals surface area contributed by atoms with Gasteiger partial charge in [0.05, 0.1) is 12.6 Å². The normalized spacial score (nSPS) is 26.3. The van der Waals surface area contributed by atoms with Crippen molar-refractivity contribution in [2.45, 2.75) is 33.6 Å². The van der Waals surface area contributed by atoms with Gasteiger partial charge in [-0.2, -0.15) is 5.26 Å². The summed E-state index contributed by atoms with van der Waals surface area (Å²) in [7, 11) is 0. The van der Waals surface area contributed by atoms with Gasteiger partial charge in [-0.05, 0) is 24.7 Å². The third kappa shape index (κ3) is 3.00. The minimum Gasteiger partial charge on any atom is -0.368 e. The molecule has 0 aromatic rings. The van der Waals surface area contributed by atoms with Crippen LogP contribution in [0.2, 0.25) is 0 Å². The zero-order chi connectivity index (χ0) is 13.9. The summed E-state index contributed by atoms with van der Waals surface area (Å²) in [6.07, 6.45) is 1.16. The van der Waals surface area contributed by atoms with Gasteiger partial charge < -0.3 is 10.6 Å². The van der Waals surface area contributed by atoms with Gasteiger partial charge in [0.2, 0.25) is 11.8 Å². The van der Waals surface area contributed by atoms with E-state index in [1.807, 2.05) is 20.8 Å². The van der Waals surface area contributed by atoms with Gasteiger partial charge in [-0.3, -0.25) is 9.59 Å². The van der Waals surface area contributed by atoms with Gasteiger partial charge in [-0.25, -0.2) is 0 Å². The van der Waals surface area contributed by atoms with Crippen LogP contribution >= 0.6 is 0 Å². The molecule has 5 heteroatoms. The lowest BCUT2D eigenvalue weighted by atomic mass is 9.62. The monoisotopic (exact) mass is 251 g/mol. The molecule has 1 aliphatic rings. The van der Waals surface area contributed by atoms with E-state index in [9.17, 15) is 14.9 Å². The van der Waals surface area contributed by atoms with Crippen LogP contribution in [0.1, 0.15) is 33.6 Å². The fraction of sp³-hybridized carbons (Fsp3) is 0.769. The Morgan fingerprint density at radius 1 is 1.50 bits per heavy atom. The highest BCUT2D eigenvalue weighted by molar-refractivity contribution is 5.90. The average molecular weight is 251 g/mol. The fourth-order valence-corrected chi connectivity index (χ4v) is 2.59. The molecular weight excluding hydrogens is 230 g/mol. The summed E-state index contributed by atoms with van der Waals surface area (Å²) in [5, 5.41) is 9.23. The average Bonchev–Trinajstić information content (AvgIpc) is 2.21. The van der Waals surface area contributed by atoms with Crippen LogP contribution in [-0.4, -0.2) is 29.8 Å². The molecule has 0 atom stereocenters. The number of primary amides is 1. The Balaban J connectivity index is 2.82. The van der Waals surface area contributed by atoms with Crippen molar-refractivity contribution in [3.05, 3.63) is 0 Å². The quantitative estimate of drug-likeness (QED) is 0.787. The third-order valence-electron chi connectivity index (χ3n) is 3.24. The Kier molecular flexibility index (Phi) is 4.33. The number of carbonyl (C=O) groups is 2. The van der Waals surface area contributed by atoms with E-state index in [4.69, 9.17) is 5.73 Å². The van der Waals surface area contributed by atoms with Gasteiger partial charge in [0.25, 0.3) is 0 Å². The Morgan fingerprint density at radius 2 is 2.06 bits per heavy atom. The van der Waals surface area contributed by atoms with Crippen molar-refractivity contribution in [2.24, 2.45) is 23.0 Å². The standard InChI is InChI=1S/C13H21N3O2/c1-9(2)6-16(7-11(15)17)12(18)13(8-14)4-10(3)5-13/h9-10H,4-7H2,1-3H3,(H2,15,17). The van der Waals surface area contributed by atoms with Crippen molar-refractivity contribution in [1.29, 1.82) is 5.26 Å². The van der Waals surface area contributed by atoms with Crippen LogP contribution in [0, 0.1) is 28.6 Å². The zero-order valence-corrected chi connectivity index (χ0v) is 11.3. The summed E-state index contributed by atoms with van der Waals surface area (Å²) < 4.78 is 0. The predicted molar refractivity (Wildman–Crippen MR) is 67.1 cm³/mol. The van der Waals surface area contributed by atoms with Gasteiger partial charge in [0.15, 0.2) is 0 Å². The highest BCUT2D eigenvalue weighted by Crippen LogP contribution is 2.46. The molecule has 0 heterocycles. The van der Waals surface area contributed by atoms with Crippen LogP contribution in [-0.2, 0) is 9.59 Å². The van der Waals surface area contributed by atoms with Crippen LogP contribution in [0.15, 0.2) is 0 Å². The van der Waals surface area contributed by atoms with E-state index in [-0.39, 0.29) is 18.4 Å². The predicted octanol–water partition coefficient (Wildman–Crippen LogP) is 0.896. The summed E-state index contributed by atoms with van der Waals surface area (Å²) in [5.41, 5.74) is 4.24. The number of rotatable bonds is 5. The molecule has 1 aliphatic carbocycles. The molecule has 1 saturated carbocycles. The topological polar surface area (TPSA) is 87.2 Å². The minimum absolute atomic E-state index is 0.102. The SMILES string of the molecule is CC(C)CN(CC(N)=O)C(=O)C1(C#N)CC(C)C1. The van der Waals surface area contributed by atoms with Gasteiger partial charge in [-0.1, -0.05) is 20.8 Å². The summed E-state index contributed by atoms with van der Waals surface area (Å²) in [6, 6.07) is 2.13. The second-order valence-corrected chi connectivity index (χ2v) is 5.75. The highest BCUT2D eigenvalue weighted by Gasteiger charge is 2.50. The van der Waals surface area contributed by atoms with Crippen LogP contribution in [0.25, 0.3) is 0 Å². The van der Waals surface area contributed by atoms with Crippen molar-refractivity contribution in [3.63, 3.8) is 0 Å². The van der Waals surface area contributed by atoms with Crippen LogP contribution in [0.3, 0.4) is 0 Å². The lowest BCUT2D eigenvalue weighted by Crippen LogP contribution is -2.52. The Labute approximate surface area is 108 Å². The number of amides is 2. The molecule has 1 fully saturated rings. The molecule has 5 nitrogen and oxygen atoms in total. The third-order valence-corrected chi connectivity index (χ3v) is 3.24. The second-order valence-electron chi connectivity index (χ2n) is 5.75. The van der Waals surface area contributed by atoms with Crippen molar-refractivity contribution >= 4 is 11.8 Å². The summed E-state index contributed by atoms with van der Waals surface area (Å²) in [5.74, 6) is -0.148. The molecule has 0 aromatic carbocycles. The largest absolute Gasteiger partial charge is 0.368 e. The molecule has 2 amide bonds. The first kappa shape index (κ1) is 14.5. The first-order valence-corrected chi connectivity index (χ1v) is 6.29. The van der Waals surface area contributed by atoms with Crippen molar-refractivity contribution in [1.82, 2.24) is 4.90 Å². The van der Waals surface area contributed by atoms with E-state index in [0.29, 0.717) is 25.3 Å². The molecule has 0 aromatic heterocycles. The summed E-state index contributed by atoms with van der Waals surface area (Å²) >= 11 is 0. The fourth-order valence-electron chi connectivity index (χ4n) is 2.59. The van der Waals surface area contributed by atoms with Crippen LogP contribution < -0.4 is 5.73 Å². The molecular formula is C13H21N3O2. The molecule has 100 valence electrons. The zero-order valence-electron chi connectivity index (χ0n) is 11.3. The van der Waals surface area contributed by atoms with Gasteiger partial charge in [0, 0.05) is 6.54 Å². The Bertz CT molecular complexity index is 378. The molecule has 18 heavy (non-hydrogen) atoms. The maximum absolute atomic E-state index is 12.4. The van der Waals surface area contributed by atoms with Crippen molar-refractivity contribution in [3.8, 4) is 6.07 Å². The molecule has 0 aliphatic heterocycles. The number of nitrogens with zero attached hydrogens (tertiary/aromatic N) is 2. The van der Waals surface area contributed by atoms with E-state index in [2.05, 4.69) is 6.07 Å². The van der Waals surface area contributed by atoms with E-state index in [0.717, 1.165) is 0 Å². The molecule has 1 rings (SSSR count). The number of hydrogen-bond acceptors (Lipinski definition) is 3. The summed E-state index contributed by atoms with van der Waals surface area (Å²) in [4.78, 5) is 24.9. The Morgan fingerprint density at radius 3 is 2.39 bits per heavy atom. The lowest BCUT2D eigenvalue weighted by Gasteiger charge is -2.42. The number of nitriles is 1.